The quantitative estimate of drug-likeness (QED) is 0.661. The van der Waals surface area contributed by atoms with E-state index in [1.54, 1.807) is 0 Å². The molecule has 0 spiro atoms. The van der Waals surface area contributed by atoms with Crippen molar-refractivity contribution in [1.29, 1.82) is 0 Å². The molecular formula is C25H41NO4. The molecule has 1 amide bonds. The first-order chi connectivity index (χ1) is 14.1. The van der Waals surface area contributed by atoms with Crippen molar-refractivity contribution in [3.05, 3.63) is 11.8 Å². The SMILES string of the molecule is CC.CC1(O)CC2(C)C(CCC2C2(C)OCCO2)C2CC=C3NC(=O)CCC3(C)C21. The average molecular weight is 420 g/mol. The monoisotopic (exact) mass is 419 g/mol. The molecule has 170 valence electrons. The molecule has 4 fully saturated rings. The van der Waals surface area contributed by atoms with Crippen LogP contribution in [0.25, 0.3) is 0 Å². The summed E-state index contributed by atoms with van der Waals surface area (Å²) < 4.78 is 12.2. The molecule has 2 saturated carbocycles. The fraction of sp³-hybridized carbons (Fsp3) is 0.880. The van der Waals surface area contributed by atoms with E-state index >= 15 is 0 Å². The van der Waals surface area contributed by atoms with Crippen molar-refractivity contribution < 1.29 is 19.4 Å². The summed E-state index contributed by atoms with van der Waals surface area (Å²) >= 11 is 0. The summed E-state index contributed by atoms with van der Waals surface area (Å²) in [6, 6.07) is 0. The Labute approximate surface area is 182 Å². The van der Waals surface area contributed by atoms with E-state index in [-0.39, 0.29) is 22.7 Å². The summed E-state index contributed by atoms with van der Waals surface area (Å²) in [5.74, 6) is 1.07. The predicted octanol–water partition coefficient (Wildman–Crippen LogP) is 4.40. The second kappa shape index (κ2) is 7.31. The fourth-order valence-corrected chi connectivity index (χ4v) is 8.57. The maximum atomic E-state index is 12.0. The van der Waals surface area contributed by atoms with Gasteiger partial charge in [0.25, 0.3) is 0 Å². The van der Waals surface area contributed by atoms with Gasteiger partial charge in [0.15, 0.2) is 5.79 Å². The lowest BCUT2D eigenvalue weighted by molar-refractivity contribution is -0.237. The third-order valence-corrected chi connectivity index (χ3v) is 9.30. The van der Waals surface area contributed by atoms with E-state index in [9.17, 15) is 9.90 Å². The summed E-state index contributed by atoms with van der Waals surface area (Å²) in [5.41, 5.74) is 0.134. The normalized spacial score (nSPS) is 49.0. The Morgan fingerprint density at radius 3 is 2.43 bits per heavy atom. The minimum Gasteiger partial charge on any atom is -0.390 e. The number of amides is 1. The van der Waals surface area contributed by atoms with Crippen molar-refractivity contribution in [2.75, 3.05) is 13.2 Å². The number of hydrogen-bond donors (Lipinski definition) is 2. The summed E-state index contributed by atoms with van der Waals surface area (Å²) in [6.07, 6.45) is 7.63. The van der Waals surface area contributed by atoms with Gasteiger partial charge in [0.1, 0.15) is 0 Å². The molecule has 5 nitrogen and oxygen atoms in total. The molecule has 5 heteroatoms. The Morgan fingerprint density at radius 2 is 1.77 bits per heavy atom. The fourth-order valence-electron chi connectivity index (χ4n) is 8.57. The Kier molecular flexibility index (Phi) is 5.43. The summed E-state index contributed by atoms with van der Waals surface area (Å²) in [6.45, 7) is 14.1. The van der Waals surface area contributed by atoms with Crippen molar-refractivity contribution in [3.63, 3.8) is 0 Å². The van der Waals surface area contributed by atoms with Gasteiger partial charge in [0.05, 0.1) is 18.8 Å². The van der Waals surface area contributed by atoms with Gasteiger partial charge in [-0.3, -0.25) is 4.79 Å². The van der Waals surface area contributed by atoms with Gasteiger partial charge in [0.2, 0.25) is 5.91 Å². The summed E-state index contributed by atoms with van der Waals surface area (Å²) in [4.78, 5) is 12.0. The van der Waals surface area contributed by atoms with E-state index in [0.29, 0.717) is 37.4 Å². The number of rotatable bonds is 1. The van der Waals surface area contributed by atoms with Crippen LogP contribution in [0.3, 0.4) is 0 Å². The van der Waals surface area contributed by atoms with E-state index in [0.717, 1.165) is 31.4 Å². The van der Waals surface area contributed by atoms with E-state index in [2.05, 4.69) is 32.2 Å². The minimum atomic E-state index is -0.774. The first-order valence-corrected chi connectivity index (χ1v) is 12.1. The molecule has 30 heavy (non-hydrogen) atoms. The lowest BCUT2D eigenvalue weighted by atomic mass is 9.44. The Balaban J connectivity index is 0.00000106. The van der Waals surface area contributed by atoms with E-state index < -0.39 is 11.4 Å². The smallest absolute Gasteiger partial charge is 0.224 e. The van der Waals surface area contributed by atoms with Crippen molar-refractivity contribution in [2.45, 2.75) is 91.5 Å². The molecule has 0 aromatic rings. The van der Waals surface area contributed by atoms with Crippen LogP contribution in [0.2, 0.25) is 0 Å². The zero-order chi connectivity index (χ0) is 21.9. The molecular weight excluding hydrogens is 378 g/mol. The zero-order valence-electron chi connectivity index (χ0n) is 19.7. The third kappa shape index (κ3) is 3.02. The van der Waals surface area contributed by atoms with Crippen LogP contribution < -0.4 is 5.32 Å². The first-order valence-electron chi connectivity index (χ1n) is 12.1. The molecule has 5 aliphatic rings. The van der Waals surface area contributed by atoms with Crippen LogP contribution in [0.4, 0.5) is 0 Å². The van der Waals surface area contributed by atoms with Gasteiger partial charge in [0, 0.05) is 29.4 Å². The lowest BCUT2D eigenvalue weighted by Gasteiger charge is -2.63. The van der Waals surface area contributed by atoms with Crippen LogP contribution in [0.5, 0.6) is 0 Å². The summed E-state index contributed by atoms with van der Waals surface area (Å²) in [5, 5.41) is 15.0. The number of fused-ring (bicyclic) bond motifs is 5. The number of ether oxygens (including phenoxy) is 2. The zero-order valence-corrected chi connectivity index (χ0v) is 19.7. The molecule has 7 unspecified atom stereocenters. The van der Waals surface area contributed by atoms with Gasteiger partial charge in [-0.05, 0) is 63.2 Å². The van der Waals surface area contributed by atoms with Crippen molar-refractivity contribution in [1.82, 2.24) is 5.32 Å². The number of nitrogens with one attached hydrogen (secondary N) is 1. The van der Waals surface area contributed by atoms with Gasteiger partial charge in [-0.15, -0.1) is 0 Å². The van der Waals surface area contributed by atoms with Crippen molar-refractivity contribution >= 4 is 5.91 Å². The van der Waals surface area contributed by atoms with E-state index in [4.69, 9.17) is 9.47 Å². The molecule has 0 aromatic carbocycles. The molecule has 0 bridgehead atoms. The number of piperidine rings is 1. The molecule has 2 saturated heterocycles. The molecule has 2 N–H and O–H groups in total. The maximum absolute atomic E-state index is 12.0. The van der Waals surface area contributed by atoms with Gasteiger partial charge < -0.3 is 19.9 Å². The van der Waals surface area contributed by atoms with Gasteiger partial charge >= 0.3 is 0 Å². The first kappa shape index (κ1) is 22.3. The Bertz CT molecular complexity index is 725. The molecule has 3 aliphatic carbocycles. The number of carbonyl (C=O) groups is 1. The van der Waals surface area contributed by atoms with E-state index in [1.165, 1.54) is 6.42 Å². The van der Waals surface area contributed by atoms with Crippen LogP contribution in [0.15, 0.2) is 11.8 Å². The maximum Gasteiger partial charge on any atom is 0.224 e. The second-order valence-electron chi connectivity index (χ2n) is 10.9. The van der Waals surface area contributed by atoms with Crippen LogP contribution >= 0.6 is 0 Å². The number of carbonyl (C=O) groups excluding carboxylic acids is 1. The standard InChI is InChI=1S/C23H35NO4.C2H6/c1-20-10-9-18(25)24-17(20)8-5-14-15-6-7-16(23(4)27-11-12-28-23)21(15,2)13-22(3,26)19(14)20;1-2/h8,14-16,19,26H,5-7,9-13H2,1-4H3,(H,24,25);1-2H3. The number of allylic oxidation sites excluding steroid dienone is 2. The molecule has 0 aromatic heterocycles. The third-order valence-electron chi connectivity index (χ3n) is 9.30. The van der Waals surface area contributed by atoms with Crippen molar-refractivity contribution in [3.8, 4) is 0 Å². The lowest BCUT2D eigenvalue weighted by Crippen LogP contribution is -2.63. The minimum absolute atomic E-state index is 0.00335. The highest BCUT2D eigenvalue weighted by Crippen LogP contribution is 2.69. The van der Waals surface area contributed by atoms with Crippen LogP contribution in [0.1, 0.15) is 80.1 Å². The Morgan fingerprint density at radius 1 is 1.10 bits per heavy atom. The largest absolute Gasteiger partial charge is 0.390 e. The molecule has 0 radical (unpaired) electrons. The highest BCUT2D eigenvalue weighted by atomic mass is 16.7. The molecule has 7 atom stereocenters. The molecule has 5 rings (SSSR count). The Hall–Kier alpha value is -0.910. The number of aliphatic hydroxyl groups is 1. The number of hydrogen-bond acceptors (Lipinski definition) is 4. The highest BCUT2D eigenvalue weighted by Gasteiger charge is 2.68. The second-order valence-corrected chi connectivity index (χ2v) is 10.9. The van der Waals surface area contributed by atoms with Crippen molar-refractivity contribution in [2.24, 2.45) is 34.5 Å². The average Bonchev–Trinajstić information content (AvgIpc) is 3.26. The predicted molar refractivity (Wildman–Crippen MR) is 116 cm³/mol. The van der Waals surface area contributed by atoms with Gasteiger partial charge in [-0.1, -0.05) is 33.8 Å². The summed E-state index contributed by atoms with van der Waals surface area (Å²) in [7, 11) is 0. The van der Waals surface area contributed by atoms with Gasteiger partial charge in [-0.25, -0.2) is 0 Å². The van der Waals surface area contributed by atoms with E-state index in [1.807, 2.05) is 20.8 Å². The molecule has 2 heterocycles. The highest BCUT2D eigenvalue weighted by molar-refractivity contribution is 5.79. The van der Waals surface area contributed by atoms with Crippen LogP contribution in [0, 0.1) is 34.5 Å². The van der Waals surface area contributed by atoms with Crippen LogP contribution in [-0.2, 0) is 14.3 Å². The topological polar surface area (TPSA) is 67.8 Å². The van der Waals surface area contributed by atoms with Gasteiger partial charge in [-0.2, -0.15) is 0 Å². The van der Waals surface area contributed by atoms with Crippen LogP contribution in [-0.4, -0.2) is 35.6 Å². The molecule has 2 aliphatic heterocycles.